The van der Waals surface area contributed by atoms with Gasteiger partial charge in [-0.1, -0.05) is 12.2 Å². The van der Waals surface area contributed by atoms with E-state index >= 15 is 0 Å². The quantitative estimate of drug-likeness (QED) is 0.782. The number of ether oxygens (including phenoxy) is 1. The maximum Gasteiger partial charge on any atom is 0.167 e. The molecule has 1 aromatic rings. The summed E-state index contributed by atoms with van der Waals surface area (Å²) in [6.07, 6.45) is 6.46. The van der Waals surface area contributed by atoms with Crippen LogP contribution in [0.3, 0.4) is 0 Å². The van der Waals surface area contributed by atoms with Crippen LogP contribution in [0.25, 0.3) is 0 Å². The summed E-state index contributed by atoms with van der Waals surface area (Å²) < 4.78 is 7.70. The number of rotatable bonds is 3. The molecule has 1 aromatic heterocycles. The highest BCUT2D eigenvalue weighted by Crippen LogP contribution is 2.20. The van der Waals surface area contributed by atoms with E-state index < -0.39 is 0 Å². The van der Waals surface area contributed by atoms with Gasteiger partial charge >= 0.3 is 0 Å². The van der Waals surface area contributed by atoms with Crippen molar-refractivity contribution < 1.29 is 4.74 Å². The first-order valence-electron chi connectivity index (χ1n) is 5.13. The molecule has 1 fully saturated rings. The number of aromatic nitrogens is 2. The molecule has 2 unspecified atom stereocenters. The van der Waals surface area contributed by atoms with Crippen LogP contribution < -0.4 is 5.73 Å². The van der Waals surface area contributed by atoms with Gasteiger partial charge in [-0.25, -0.2) is 4.98 Å². The highest BCUT2D eigenvalue weighted by molar-refractivity contribution is 7.80. The van der Waals surface area contributed by atoms with Crippen molar-refractivity contribution in [1.29, 1.82) is 0 Å². The first-order chi connectivity index (χ1) is 7.16. The van der Waals surface area contributed by atoms with Crippen LogP contribution in [0, 0.1) is 0 Å². The number of nitrogens with two attached hydrogens (primary N) is 1. The van der Waals surface area contributed by atoms with Gasteiger partial charge in [-0.3, -0.25) is 0 Å². The van der Waals surface area contributed by atoms with E-state index in [-0.39, 0.29) is 6.10 Å². The molecule has 0 spiro atoms. The highest BCUT2D eigenvalue weighted by Gasteiger charge is 2.22. The largest absolute Gasteiger partial charge is 0.387 e. The Morgan fingerprint density at radius 1 is 1.73 bits per heavy atom. The van der Waals surface area contributed by atoms with E-state index in [1.807, 2.05) is 10.8 Å². The molecule has 0 saturated carbocycles. The maximum absolute atomic E-state index is 5.74. The maximum atomic E-state index is 5.74. The molecule has 0 radical (unpaired) electrons. The van der Waals surface area contributed by atoms with Crippen molar-refractivity contribution >= 4 is 17.2 Å². The molecule has 1 aliphatic heterocycles. The van der Waals surface area contributed by atoms with Crippen molar-refractivity contribution in [3.63, 3.8) is 0 Å². The van der Waals surface area contributed by atoms with Crippen molar-refractivity contribution in [1.82, 2.24) is 9.55 Å². The van der Waals surface area contributed by atoms with Crippen LogP contribution in [-0.4, -0.2) is 26.7 Å². The Bertz CT molecular complexity index is 363. The van der Waals surface area contributed by atoms with Crippen LogP contribution in [0.2, 0.25) is 0 Å². The predicted molar refractivity (Wildman–Crippen MR) is 61.7 cm³/mol. The van der Waals surface area contributed by atoms with Gasteiger partial charge in [-0.15, -0.1) is 0 Å². The molecule has 0 aliphatic carbocycles. The van der Waals surface area contributed by atoms with Crippen LogP contribution >= 0.6 is 12.2 Å². The second-order valence-electron chi connectivity index (χ2n) is 3.91. The lowest BCUT2D eigenvalue weighted by Gasteiger charge is -2.13. The molecule has 0 bridgehead atoms. The molecule has 4 nitrogen and oxygen atoms in total. The van der Waals surface area contributed by atoms with E-state index in [2.05, 4.69) is 11.9 Å². The van der Waals surface area contributed by atoms with Crippen LogP contribution in [0.4, 0.5) is 0 Å². The Labute approximate surface area is 94.4 Å². The van der Waals surface area contributed by atoms with Crippen molar-refractivity contribution in [2.45, 2.75) is 38.5 Å². The lowest BCUT2D eigenvalue weighted by atomic mass is 10.2. The summed E-state index contributed by atoms with van der Waals surface area (Å²) in [5.41, 5.74) is 5.57. The van der Waals surface area contributed by atoms with E-state index in [4.69, 9.17) is 22.7 Å². The molecule has 2 heterocycles. The van der Waals surface area contributed by atoms with Gasteiger partial charge in [0.1, 0.15) is 4.99 Å². The summed E-state index contributed by atoms with van der Waals surface area (Å²) >= 11 is 4.92. The zero-order chi connectivity index (χ0) is 10.8. The van der Waals surface area contributed by atoms with Gasteiger partial charge in [0.2, 0.25) is 0 Å². The number of imidazole rings is 1. The molecule has 0 amide bonds. The van der Waals surface area contributed by atoms with Gasteiger partial charge in [0, 0.05) is 12.4 Å². The summed E-state index contributed by atoms with van der Waals surface area (Å²) in [7, 11) is 0. The minimum Gasteiger partial charge on any atom is -0.387 e. The highest BCUT2D eigenvalue weighted by atomic mass is 32.1. The molecule has 0 aromatic carbocycles. The molecule has 2 rings (SSSR count). The van der Waals surface area contributed by atoms with Gasteiger partial charge in [-0.05, 0) is 19.8 Å². The van der Waals surface area contributed by atoms with Gasteiger partial charge < -0.3 is 15.0 Å². The standard InChI is InChI=1S/C10H15N3OS/c1-7-2-3-8(14-7)6-13-5-4-12-10(13)9(11)15/h4-5,7-8H,2-3,6H2,1H3,(H2,11,15). The Hall–Kier alpha value is -0.940. The Balaban J connectivity index is 2.04. The zero-order valence-electron chi connectivity index (χ0n) is 8.72. The van der Waals surface area contributed by atoms with Crippen molar-refractivity contribution in [3.8, 4) is 0 Å². The monoisotopic (exact) mass is 225 g/mol. The summed E-state index contributed by atoms with van der Waals surface area (Å²) in [6.45, 7) is 2.89. The van der Waals surface area contributed by atoms with E-state index in [1.165, 1.54) is 0 Å². The molecular formula is C10H15N3OS. The van der Waals surface area contributed by atoms with E-state index in [9.17, 15) is 0 Å². The van der Waals surface area contributed by atoms with E-state index in [0.717, 1.165) is 19.4 Å². The van der Waals surface area contributed by atoms with Crippen molar-refractivity contribution in [2.24, 2.45) is 5.73 Å². The fourth-order valence-corrected chi connectivity index (χ4v) is 2.09. The third-order valence-corrected chi connectivity index (χ3v) is 2.84. The second kappa shape index (κ2) is 4.28. The number of hydrogen-bond donors (Lipinski definition) is 1. The second-order valence-corrected chi connectivity index (χ2v) is 4.35. The Morgan fingerprint density at radius 2 is 2.53 bits per heavy atom. The fourth-order valence-electron chi connectivity index (χ4n) is 1.92. The topological polar surface area (TPSA) is 53.1 Å². The number of nitrogens with zero attached hydrogens (tertiary/aromatic N) is 2. The smallest absolute Gasteiger partial charge is 0.167 e. The SMILES string of the molecule is CC1CCC(Cn2ccnc2C(N)=S)O1. The summed E-state index contributed by atoms with van der Waals surface area (Å²) in [5.74, 6) is 0.674. The molecule has 5 heteroatoms. The van der Waals surface area contributed by atoms with Gasteiger partial charge in [0.25, 0.3) is 0 Å². The predicted octanol–water partition coefficient (Wildman–Crippen LogP) is 1.08. The molecule has 15 heavy (non-hydrogen) atoms. The van der Waals surface area contributed by atoms with E-state index in [0.29, 0.717) is 16.9 Å². The minimum absolute atomic E-state index is 0.266. The van der Waals surface area contributed by atoms with Gasteiger partial charge in [-0.2, -0.15) is 0 Å². The average molecular weight is 225 g/mol. The number of hydrogen-bond acceptors (Lipinski definition) is 3. The lowest BCUT2D eigenvalue weighted by molar-refractivity contribution is 0.0457. The van der Waals surface area contributed by atoms with Crippen LogP contribution in [0.5, 0.6) is 0 Å². The van der Waals surface area contributed by atoms with E-state index in [1.54, 1.807) is 6.20 Å². The molecule has 1 aliphatic rings. The normalized spacial score (nSPS) is 25.7. The van der Waals surface area contributed by atoms with Crippen molar-refractivity contribution in [3.05, 3.63) is 18.2 Å². The first kappa shape index (κ1) is 10.6. The van der Waals surface area contributed by atoms with Crippen LogP contribution in [0.1, 0.15) is 25.6 Å². The summed E-state index contributed by atoms with van der Waals surface area (Å²) in [4.78, 5) is 4.46. The van der Waals surface area contributed by atoms with Gasteiger partial charge in [0.05, 0.1) is 18.8 Å². The molecular weight excluding hydrogens is 210 g/mol. The van der Waals surface area contributed by atoms with Gasteiger partial charge in [0.15, 0.2) is 5.82 Å². The molecule has 2 N–H and O–H groups in total. The van der Waals surface area contributed by atoms with Crippen molar-refractivity contribution in [2.75, 3.05) is 0 Å². The van der Waals surface area contributed by atoms with Crippen LogP contribution in [0.15, 0.2) is 12.4 Å². The minimum atomic E-state index is 0.266. The summed E-state index contributed by atoms with van der Waals surface area (Å²) in [5, 5.41) is 0. The summed E-state index contributed by atoms with van der Waals surface area (Å²) in [6, 6.07) is 0. The third-order valence-electron chi connectivity index (χ3n) is 2.66. The Kier molecular flexibility index (Phi) is 3.02. The molecule has 2 atom stereocenters. The third kappa shape index (κ3) is 2.35. The molecule has 82 valence electrons. The lowest BCUT2D eigenvalue weighted by Crippen LogP contribution is -2.22. The van der Waals surface area contributed by atoms with Crippen LogP contribution in [-0.2, 0) is 11.3 Å². The number of thiocarbonyl (C=S) groups is 1. The first-order valence-corrected chi connectivity index (χ1v) is 5.54. The molecule has 1 saturated heterocycles. The fraction of sp³-hybridized carbons (Fsp3) is 0.600. The zero-order valence-corrected chi connectivity index (χ0v) is 9.54. The average Bonchev–Trinajstić information content (AvgIpc) is 2.75. The Morgan fingerprint density at radius 3 is 3.13 bits per heavy atom.